The number of allylic oxidation sites excluding steroid dienone is 8. The molecule has 5 heteroatoms. The number of aliphatic hydroxyl groups is 3. The zero-order valence-electron chi connectivity index (χ0n) is 24.5. The minimum Gasteiger partial charge on any atom is -0.396 e. The van der Waals surface area contributed by atoms with Crippen molar-refractivity contribution in [2.75, 3.05) is 19.8 Å². The number of ether oxygens (including phenoxy) is 1. The number of carbonyl (C=O) groups excluding carboxylic acids is 1. The molecule has 40 heavy (non-hydrogen) atoms. The van der Waals surface area contributed by atoms with E-state index in [1.807, 2.05) is 19.1 Å². The highest BCUT2D eigenvalue weighted by Gasteiger charge is 2.68. The second kappa shape index (κ2) is 13.6. The molecule has 1 aliphatic heterocycles. The van der Waals surface area contributed by atoms with Crippen LogP contribution in [0.15, 0.2) is 58.7 Å². The molecule has 218 valence electrons. The first-order valence-corrected chi connectivity index (χ1v) is 15.2. The number of aldehydes is 1. The summed E-state index contributed by atoms with van der Waals surface area (Å²) in [5.74, 6) is 6.23. The fourth-order valence-electron chi connectivity index (χ4n) is 8.23. The Labute approximate surface area is 240 Å². The van der Waals surface area contributed by atoms with Gasteiger partial charge in [-0.25, -0.2) is 0 Å². The van der Waals surface area contributed by atoms with Crippen LogP contribution in [0.2, 0.25) is 0 Å². The summed E-state index contributed by atoms with van der Waals surface area (Å²) in [6, 6.07) is 0. The molecule has 5 nitrogen and oxygen atoms in total. The molecule has 0 saturated heterocycles. The fourth-order valence-corrected chi connectivity index (χ4v) is 8.23. The molecule has 0 aromatic rings. The topological polar surface area (TPSA) is 87.0 Å². The molecule has 0 aromatic heterocycles. The third-order valence-electron chi connectivity index (χ3n) is 10.2. The average molecular weight is 549 g/mol. The van der Waals surface area contributed by atoms with Gasteiger partial charge >= 0.3 is 0 Å². The van der Waals surface area contributed by atoms with Gasteiger partial charge in [0.15, 0.2) is 0 Å². The monoisotopic (exact) mass is 548 g/mol. The third kappa shape index (κ3) is 6.16. The lowest BCUT2D eigenvalue weighted by molar-refractivity contribution is -0.180. The molecule has 6 unspecified atom stereocenters. The second-order valence-corrected chi connectivity index (χ2v) is 12.5. The van der Waals surface area contributed by atoms with Crippen molar-refractivity contribution in [2.45, 2.75) is 96.2 Å². The molecule has 0 amide bonds. The van der Waals surface area contributed by atoms with Crippen molar-refractivity contribution in [1.29, 1.82) is 0 Å². The van der Waals surface area contributed by atoms with E-state index >= 15 is 0 Å². The Kier molecular flexibility index (Phi) is 10.5. The highest BCUT2D eigenvalue weighted by molar-refractivity contribution is 5.74. The van der Waals surface area contributed by atoms with Gasteiger partial charge in [0.2, 0.25) is 0 Å². The van der Waals surface area contributed by atoms with Gasteiger partial charge in [-0.2, -0.15) is 0 Å². The fraction of sp³-hybridized carbons (Fsp3) is 0.629. The minimum atomic E-state index is -1.01. The molecule has 4 rings (SSSR count). The molecule has 1 heterocycles. The third-order valence-corrected chi connectivity index (χ3v) is 10.2. The predicted octanol–water partition coefficient (Wildman–Crippen LogP) is 5.77. The molecule has 2 bridgehead atoms. The number of rotatable bonds is 5. The lowest BCUT2D eigenvalue weighted by atomic mass is 9.51. The van der Waals surface area contributed by atoms with Gasteiger partial charge in [0.1, 0.15) is 12.9 Å². The Morgan fingerprint density at radius 1 is 1.27 bits per heavy atom. The van der Waals surface area contributed by atoms with E-state index in [1.54, 1.807) is 0 Å². The number of hydrogen-bond donors (Lipinski definition) is 3. The van der Waals surface area contributed by atoms with Gasteiger partial charge in [0, 0.05) is 24.4 Å². The van der Waals surface area contributed by atoms with E-state index in [1.165, 1.54) is 5.57 Å². The summed E-state index contributed by atoms with van der Waals surface area (Å²) < 4.78 is 6.07. The highest BCUT2D eigenvalue weighted by atomic mass is 16.5. The molecular formula is C35H48O5. The smallest absolute Gasteiger partial charge is 0.145 e. The Hall–Kier alpha value is -2.23. The van der Waals surface area contributed by atoms with E-state index in [0.717, 1.165) is 55.1 Å². The van der Waals surface area contributed by atoms with Crippen LogP contribution >= 0.6 is 0 Å². The molecule has 3 aliphatic carbocycles. The van der Waals surface area contributed by atoms with E-state index in [2.05, 4.69) is 37.5 Å². The van der Waals surface area contributed by atoms with Crippen LogP contribution in [0.4, 0.5) is 0 Å². The van der Waals surface area contributed by atoms with Crippen LogP contribution < -0.4 is 0 Å². The number of hydrogen-bond acceptors (Lipinski definition) is 5. The van der Waals surface area contributed by atoms with Crippen molar-refractivity contribution in [2.24, 2.45) is 23.2 Å². The van der Waals surface area contributed by atoms with Crippen LogP contribution in [0.3, 0.4) is 0 Å². The Balaban J connectivity index is 1.74. The summed E-state index contributed by atoms with van der Waals surface area (Å²) in [7, 11) is 0. The van der Waals surface area contributed by atoms with Crippen LogP contribution in [-0.2, 0) is 9.53 Å². The summed E-state index contributed by atoms with van der Waals surface area (Å²) >= 11 is 0. The largest absolute Gasteiger partial charge is 0.396 e. The van der Waals surface area contributed by atoms with Crippen molar-refractivity contribution in [3.8, 4) is 11.8 Å². The van der Waals surface area contributed by atoms with Crippen molar-refractivity contribution in [3.63, 3.8) is 0 Å². The quantitative estimate of drug-likeness (QED) is 0.176. The summed E-state index contributed by atoms with van der Waals surface area (Å²) in [5, 5.41) is 34.5. The van der Waals surface area contributed by atoms with E-state index < -0.39 is 17.1 Å². The van der Waals surface area contributed by atoms with Crippen LogP contribution in [0, 0.1) is 35.0 Å². The number of aliphatic hydroxyl groups excluding tert-OH is 2. The molecule has 3 fully saturated rings. The first-order valence-electron chi connectivity index (χ1n) is 15.2. The van der Waals surface area contributed by atoms with Gasteiger partial charge in [0.05, 0.1) is 18.3 Å². The van der Waals surface area contributed by atoms with Crippen LogP contribution in [0.1, 0.15) is 84.5 Å². The zero-order chi connectivity index (χ0) is 28.8. The molecule has 4 aliphatic rings. The van der Waals surface area contributed by atoms with E-state index in [-0.39, 0.29) is 24.4 Å². The molecule has 6 atom stereocenters. The van der Waals surface area contributed by atoms with Gasteiger partial charge in [-0.05, 0) is 94.6 Å². The van der Waals surface area contributed by atoms with Crippen LogP contribution in [0.5, 0.6) is 0 Å². The van der Waals surface area contributed by atoms with Gasteiger partial charge in [-0.3, -0.25) is 4.79 Å². The second-order valence-electron chi connectivity index (χ2n) is 12.5. The molecule has 0 aromatic carbocycles. The molecule has 3 N–H and O–H groups in total. The van der Waals surface area contributed by atoms with Gasteiger partial charge in [-0.15, -0.1) is 0 Å². The average Bonchev–Trinajstić information content (AvgIpc) is 3.11. The van der Waals surface area contributed by atoms with E-state index in [0.29, 0.717) is 57.3 Å². The lowest BCUT2D eigenvalue weighted by Gasteiger charge is -2.57. The maximum absolute atomic E-state index is 12.4. The van der Waals surface area contributed by atoms with Gasteiger partial charge < -0.3 is 20.1 Å². The predicted molar refractivity (Wildman–Crippen MR) is 159 cm³/mol. The van der Waals surface area contributed by atoms with Crippen molar-refractivity contribution in [3.05, 3.63) is 58.7 Å². The maximum atomic E-state index is 12.4. The van der Waals surface area contributed by atoms with Crippen LogP contribution in [0.25, 0.3) is 0 Å². The Bertz CT molecular complexity index is 1130. The van der Waals surface area contributed by atoms with Crippen molar-refractivity contribution >= 4 is 6.29 Å². The number of fused-ring (bicyclic) bond motifs is 1. The Morgan fingerprint density at radius 3 is 2.88 bits per heavy atom. The summed E-state index contributed by atoms with van der Waals surface area (Å²) in [4.78, 5) is 11.9. The minimum absolute atomic E-state index is 0.0468. The first-order chi connectivity index (χ1) is 19.3. The molecule has 3 saturated carbocycles. The van der Waals surface area contributed by atoms with Gasteiger partial charge in [-0.1, -0.05) is 65.9 Å². The summed E-state index contributed by atoms with van der Waals surface area (Å²) in [6.07, 6.45) is 16.7. The standard InChI is InChI=1S/C35H48O5/c1-25-10-4-5-21-40-24-29(14-7-13-26(2)12-6-11-25)32-28-15-8-18-34(39)19-17-30(27(3)23-37)31(16-9-20-36)35(34,22-28)33(32)38/h7,11,13-14,23,28,31-33,36,38-39H,2,6,8-10,12,15-22,24H2,1,3H3. The maximum Gasteiger partial charge on any atom is 0.145 e. The zero-order valence-corrected chi connectivity index (χ0v) is 24.5. The summed E-state index contributed by atoms with van der Waals surface area (Å²) in [5.41, 5.74) is 3.31. The van der Waals surface area contributed by atoms with E-state index in [9.17, 15) is 20.1 Å². The van der Waals surface area contributed by atoms with Crippen molar-refractivity contribution in [1.82, 2.24) is 0 Å². The molecule has 1 spiro atoms. The van der Waals surface area contributed by atoms with Crippen LogP contribution in [-0.4, -0.2) is 53.1 Å². The van der Waals surface area contributed by atoms with E-state index in [4.69, 9.17) is 4.74 Å². The van der Waals surface area contributed by atoms with Gasteiger partial charge in [0.25, 0.3) is 0 Å². The van der Waals surface area contributed by atoms with Crippen molar-refractivity contribution < 1.29 is 24.9 Å². The lowest BCUT2D eigenvalue weighted by Crippen LogP contribution is -2.60. The molecule has 0 radical (unpaired) electrons. The SMILES string of the molecule is C=C1C=CC=C(C2C3CCCC4(O)CCC(=C(C)C=O)C(CCCO)C4(C3)C2O)COCC#CCC(C)=CCC1. The number of carbonyl (C=O) groups is 1. The first kappa shape index (κ1) is 30.7. The Morgan fingerprint density at radius 2 is 2.10 bits per heavy atom. The summed E-state index contributed by atoms with van der Waals surface area (Å²) in [6.45, 7) is 8.92. The molecular weight excluding hydrogens is 500 g/mol. The highest BCUT2D eigenvalue weighted by Crippen LogP contribution is 2.67. The normalized spacial score (nSPS) is 36.6.